The van der Waals surface area contributed by atoms with Gasteiger partial charge in [-0.05, 0) is 140 Å². The summed E-state index contributed by atoms with van der Waals surface area (Å²) in [6, 6.07) is 43.6. The molecule has 0 saturated carbocycles. The lowest BCUT2D eigenvalue weighted by Gasteiger charge is -2.44. The van der Waals surface area contributed by atoms with Crippen LogP contribution in [0, 0.1) is 6.92 Å². The van der Waals surface area contributed by atoms with Crippen molar-refractivity contribution in [3.8, 4) is 11.5 Å². The molecule has 298 valence electrons. The van der Waals surface area contributed by atoms with Crippen LogP contribution in [0.1, 0.15) is 111 Å². The summed E-state index contributed by atoms with van der Waals surface area (Å²) in [6.45, 7) is 29.6. The Morgan fingerprint density at radius 1 is 0.458 bits per heavy atom. The third kappa shape index (κ3) is 6.67. The van der Waals surface area contributed by atoms with Crippen LogP contribution >= 0.6 is 0 Å². The highest BCUT2D eigenvalue weighted by atomic mass is 16.3. The van der Waals surface area contributed by atoms with Gasteiger partial charge in [0.15, 0.2) is 5.58 Å². The normalized spacial score (nSPS) is 14.1. The fourth-order valence-corrected chi connectivity index (χ4v) is 9.04. The zero-order chi connectivity index (χ0) is 42.0. The minimum absolute atomic E-state index is 0.0325. The Labute approximate surface area is 352 Å². The Morgan fingerprint density at radius 3 is 1.39 bits per heavy atom. The van der Waals surface area contributed by atoms with Crippen molar-refractivity contribution >= 4 is 68.3 Å². The predicted octanol–water partition coefficient (Wildman–Crippen LogP) is 13.1. The maximum absolute atomic E-state index is 6.74. The molecule has 0 unspecified atom stereocenters. The Bertz CT molecular complexity index is 2750. The average Bonchev–Trinajstić information content (AvgIpc) is 3.58. The van der Waals surface area contributed by atoms with Crippen molar-refractivity contribution in [2.24, 2.45) is 0 Å². The molecule has 0 radical (unpaired) electrons. The smallest absolute Gasteiger partial charge is 0.252 e. The van der Waals surface area contributed by atoms with Gasteiger partial charge in [-0.3, -0.25) is 0 Å². The Morgan fingerprint density at radius 2 is 0.898 bits per heavy atom. The van der Waals surface area contributed by atoms with Crippen LogP contribution < -0.4 is 26.2 Å². The molecule has 0 fully saturated rings. The molecule has 7 aromatic rings. The van der Waals surface area contributed by atoms with E-state index in [1.54, 1.807) is 0 Å². The van der Waals surface area contributed by atoms with E-state index in [0.29, 0.717) is 5.89 Å². The first-order chi connectivity index (χ1) is 27.7. The molecule has 0 aliphatic carbocycles. The summed E-state index contributed by atoms with van der Waals surface area (Å²) in [4.78, 5) is 10.2. The van der Waals surface area contributed by atoms with Gasteiger partial charge >= 0.3 is 0 Å². The number of aromatic nitrogens is 1. The van der Waals surface area contributed by atoms with Gasteiger partial charge in [0.2, 0.25) is 5.89 Å². The van der Waals surface area contributed by atoms with Gasteiger partial charge in [0.1, 0.15) is 5.52 Å². The van der Waals surface area contributed by atoms with E-state index < -0.39 is 0 Å². The van der Waals surface area contributed by atoms with Crippen molar-refractivity contribution in [1.82, 2.24) is 4.98 Å². The molecular formula is C54H58BN3O. The van der Waals surface area contributed by atoms with Crippen molar-refractivity contribution in [2.75, 3.05) is 9.80 Å². The van der Waals surface area contributed by atoms with E-state index in [1.807, 2.05) is 0 Å². The van der Waals surface area contributed by atoms with E-state index in [9.17, 15) is 0 Å². The fourth-order valence-electron chi connectivity index (χ4n) is 9.04. The molecule has 0 spiro atoms. The number of nitrogens with zero attached hydrogens (tertiary/aromatic N) is 3. The van der Waals surface area contributed by atoms with E-state index >= 15 is 0 Å². The van der Waals surface area contributed by atoms with Gasteiger partial charge in [-0.2, -0.15) is 0 Å². The molecule has 6 aromatic carbocycles. The number of hydrogen-bond acceptors (Lipinski definition) is 4. The van der Waals surface area contributed by atoms with Crippen LogP contribution in [0.5, 0.6) is 0 Å². The van der Waals surface area contributed by atoms with Gasteiger partial charge in [0.25, 0.3) is 6.71 Å². The quantitative estimate of drug-likeness (QED) is 0.167. The molecule has 2 aliphatic heterocycles. The molecule has 0 amide bonds. The summed E-state index contributed by atoms with van der Waals surface area (Å²) in [5.41, 5.74) is 20.1. The molecule has 0 atom stereocenters. The predicted molar refractivity (Wildman–Crippen MR) is 253 cm³/mol. The Hall–Kier alpha value is -5.55. The molecule has 59 heavy (non-hydrogen) atoms. The molecule has 1 aromatic heterocycles. The van der Waals surface area contributed by atoms with Gasteiger partial charge in [-0.1, -0.05) is 132 Å². The number of hydrogen-bond donors (Lipinski definition) is 0. The largest absolute Gasteiger partial charge is 0.436 e. The third-order valence-corrected chi connectivity index (χ3v) is 12.6. The molecule has 9 rings (SSSR count). The van der Waals surface area contributed by atoms with Gasteiger partial charge in [0, 0.05) is 39.7 Å². The fraction of sp³-hybridized carbons (Fsp3) is 0.315. The number of oxazole rings is 1. The maximum Gasteiger partial charge on any atom is 0.252 e. The topological polar surface area (TPSA) is 32.5 Å². The molecule has 0 bridgehead atoms. The summed E-state index contributed by atoms with van der Waals surface area (Å²) in [6.07, 6.45) is 0. The van der Waals surface area contributed by atoms with E-state index in [4.69, 9.17) is 9.40 Å². The van der Waals surface area contributed by atoms with Crippen molar-refractivity contribution in [2.45, 2.75) is 112 Å². The Kier molecular flexibility index (Phi) is 8.73. The standard InChI is InChI=1S/C54H58BN3O/c1-33-28-46-49-47(29-33)58(40-25-20-37(21-26-40)53(8,9)10)45-32-43-48(59-50(56-43)34-14-16-35(17-15-34)51(2,3)4)31-42(45)55(49)41-30-38(54(11,12)13)22-27-44(41)57(46)39-23-18-36(19-24-39)52(5,6)7/h14-32H,1-13H3. The number of anilines is 6. The van der Waals surface area contributed by atoms with Gasteiger partial charge in [-0.25, -0.2) is 4.98 Å². The van der Waals surface area contributed by atoms with Gasteiger partial charge < -0.3 is 14.2 Å². The van der Waals surface area contributed by atoms with E-state index in [0.717, 1.165) is 33.7 Å². The van der Waals surface area contributed by atoms with Crippen molar-refractivity contribution in [1.29, 1.82) is 0 Å². The third-order valence-electron chi connectivity index (χ3n) is 12.6. The second-order valence-electron chi connectivity index (χ2n) is 21.2. The second kappa shape index (κ2) is 13.2. The first-order valence-electron chi connectivity index (χ1n) is 21.3. The van der Waals surface area contributed by atoms with E-state index in [-0.39, 0.29) is 28.4 Å². The molecule has 4 nitrogen and oxygen atoms in total. The van der Waals surface area contributed by atoms with Crippen LogP contribution in [-0.4, -0.2) is 11.7 Å². The maximum atomic E-state index is 6.74. The highest BCUT2D eigenvalue weighted by Crippen LogP contribution is 2.46. The van der Waals surface area contributed by atoms with Crippen molar-refractivity contribution in [3.63, 3.8) is 0 Å². The summed E-state index contributed by atoms with van der Waals surface area (Å²) in [5.74, 6) is 0.641. The SMILES string of the molecule is Cc1cc2c3c(c1)N(c1ccc(C(C)(C)C)cc1)c1cc4nc(-c5ccc(C(C)(C)C)cc5)oc4cc1B3c1cc(C(C)(C)C)ccc1N2c1ccc(C(C)(C)C)cc1. The van der Waals surface area contributed by atoms with Crippen LogP contribution in [0.3, 0.4) is 0 Å². The summed E-state index contributed by atoms with van der Waals surface area (Å²) >= 11 is 0. The monoisotopic (exact) mass is 775 g/mol. The molecule has 5 heteroatoms. The molecular weight excluding hydrogens is 717 g/mol. The van der Waals surface area contributed by atoms with Crippen molar-refractivity contribution < 1.29 is 4.42 Å². The minimum Gasteiger partial charge on any atom is -0.436 e. The first kappa shape index (κ1) is 38.9. The Balaban J connectivity index is 1.33. The number of fused-ring (bicyclic) bond motifs is 5. The molecule has 0 saturated heterocycles. The molecule has 3 heterocycles. The summed E-state index contributed by atoms with van der Waals surface area (Å²) in [7, 11) is 0. The lowest BCUT2D eigenvalue weighted by Crippen LogP contribution is -2.61. The number of benzene rings is 6. The van der Waals surface area contributed by atoms with E-state index in [1.165, 1.54) is 61.3 Å². The minimum atomic E-state index is -0.0351. The number of aryl methyl sites for hydroxylation is 1. The lowest BCUT2D eigenvalue weighted by atomic mass is 9.33. The van der Waals surface area contributed by atoms with Crippen LogP contribution in [0.4, 0.5) is 34.1 Å². The van der Waals surface area contributed by atoms with Crippen LogP contribution in [0.2, 0.25) is 0 Å². The van der Waals surface area contributed by atoms with Crippen molar-refractivity contribution in [3.05, 3.63) is 143 Å². The highest BCUT2D eigenvalue weighted by molar-refractivity contribution is 7.00. The lowest BCUT2D eigenvalue weighted by molar-refractivity contribution is 0.589. The number of rotatable bonds is 3. The highest BCUT2D eigenvalue weighted by Gasteiger charge is 2.44. The van der Waals surface area contributed by atoms with E-state index in [2.05, 4.69) is 215 Å². The zero-order valence-electron chi connectivity index (χ0n) is 37.3. The zero-order valence-corrected chi connectivity index (χ0v) is 37.3. The second-order valence-corrected chi connectivity index (χ2v) is 21.2. The van der Waals surface area contributed by atoms with Crippen LogP contribution in [-0.2, 0) is 21.7 Å². The van der Waals surface area contributed by atoms with Crippen LogP contribution in [0.15, 0.2) is 120 Å². The average molecular weight is 776 g/mol. The summed E-state index contributed by atoms with van der Waals surface area (Å²) < 4.78 is 6.74. The van der Waals surface area contributed by atoms with Gasteiger partial charge in [0.05, 0.1) is 0 Å². The van der Waals surface area contributed by atoms with Crippen LogP contribution in [0.25, 0.3) is 22.6 Å². The van der Waals surface area contributed by atoms with Gasteiger partial charge in [-0.15, -0.1) is 0 Å². The first-order valence-corrected chi connectivity index (χ1v) is 21.3. The summed E-state index contributed by atoms with van der Waals surface area (Å²) in [5, 5.41) is 0. The molecule has 2 aliphatic rings. The molecule has 0 N–H and O–H groups in total.